The van der Waals surface area contributed by atoms with Crippen molar-refractivity contribution >= 4 is 21.7 Å². The largest absolute Gasteiger partial charge is 0.481 e. The summed E-state index contributed by atoms with van der Waals surface area (Å²) in [5.74, 6) is 2.05. The molecule has 20 heavy (non-hydrogen) atoms. The highest BCUT2D eigenvalue weighted by Gasteiger charge is 2.20. The summed E-state index contributed by atoms with van der Waals surface area (Å²) >= 11 is 3.51. The second kappa shape index (κ2) is 5.78. The highest BCUT2D eigenvalue weighted by atomic mass is 79.9. The first-order valence-corrected chi connectivity index (χ1v) is 7.14. The van der Waals surface area contributed by atoms with Crippen molar-refractivity contribution in [2.75, 3.05) is 19.0 Å². The van der Waals surface area contributed by atoms with Crippen LogP contribution in [0.1, 0.15) is 18.3 Å². The molecule has 6 nitrogen and oxygen atoms in total. The van der Waals surface area contributed by atoms with Gasteiger partial charge in [0, 0.05) is 13.6 Å². The Morgan fingerprint density at radius 3 is 2.55 bits per heavy atom. The Morgan fingerprint density at radius 2 is 1.95 bits per heavy atom. The van der Waals surface area contributed by atoms with Crippen LogP contribution in [0.3, 0.4) is 0 Å². The maximum atomic E-state index is 5.41. The van der Waals surface area contributed by atoms with Crippen LogP contribution in [-0.4, -0.2) is 33.4 Å². The summed E-state index contributed by atoms with van der Waals surface area (Å²) in [6.07, 6.45) is 0. The molecule has 0 aliphatic rings. The highest BCUT2D eigenvalue weighted by Crippen LogP contribution is 2.33. The number of aromatic nitrogens is 4. The van der Waals surface area contributed by atoms with Gasteiger partial charge < -0.3 is 10.1 Å². The molecule has 0 bridgehead atoms. The zero-order valence-corrected chi connectivity index (χ0v) is 13.9. The van der Waals surface area contributed by atoms with Gasteiger partial charge in [-0.3, -0.25) is 0 Å². The molecule has 0 unspecified atom stereocenters. The molecule has 2 aromatic heterocycles. The van der Waals surface area contributed by atoms with Crippen molar-refractivity contribution < 1.29 is 4.74 Å². The Balaban J connectivity index is 2.64. The third kappa shape index (κ3) is 2.49. The van der Waals surface area contributed by atoms with Gasteiger partial charge in [-0.2, -0.15) is 5.10 Å². The van der Waals surface area contributed by atoms with E-state index in [2.05, 4.69) is 36.3 Å². The SMILES string of the molecule is CCNc1nc(-c2c(C)nn(C)c2OC)nc(C)c1Br. The molecular formula is C13H18BrN5O. The molecule has 0 spiro atoms. The number of halogens is 1. The predicted molar refractivity (Wildman–Crippen MR) is 82.1 cm³/mol. The molecule has 7 heteroatoms. The van der Waals surface area contributed by atoms with Gasteiger partial charge in [0.05, 0.1) is 23.0 Å². The lowest BCUT2D eigenvalue weighted by atomic mass is 10.2. The lowest BCUT2D eigenvalue weighted by Crippen LogP contribution is -2.05. The molecular weight excluding hydrogens is 322 g/mol. The number of aryl methyl sites for hydroxylation is 3. The van der Waals surface area contributed by atoms with Gasteiger partial charge in [0.1, 0.15) is 11.4 Å². The first kappa shape index (κ1) is 14.8. The lowest BCUT2D eigenvalue weighted by molar-refractivity contribution is 0.374. The van der Waals surface area contributed by atoms with E-state index in [1.54, 1.807) is 11.8 Å². The van der Waals surface area contributed by atoms with Crippen LogP contribution >= 0.6 is 15.9 Å². The Hall–Kier alpha value is -1.63. The Kier molecular flexibility index (Phi) is 4.27. The summed E-state index contributed by atoms with van der Waals surface area (Å²) in [6, 6.07) is 0. The number of hydrogen-bond acceptors (Lipinski definition) is 5. The third-order valence-electron chi connectivity index (χ3n) is 2.95. The second-order valence-corrected chi connectivity index (χ2v) is 5.21. The Morgan fingerprint density at radius 1 is 1.25 bits per heavy atom. The number of hydrogen-bond donors (Lipinski definition) is 1. The van der Waals surface area contributed by atoms with Crippen molar-refractivity contribution in [2.45, 2.75) is 20.8 Å². The van der Waals surface area contributed by atoms with E-state index < -0.39 is 0 Å². The summed E-state index contributed by atoms with van der Waals surface area (Å²) in [6.45, 7) is 6.68. The zero-order valence-electron chi connectivity index (χ0n) is 12.3. The fraction of sp³-hybridized carbons (Fsp3) is 0.462. The minimum Gasteiger partial charge on any atom is -0.481 e. The molecule has 0 saturated carbocycles. The topological polar surface area (TPSA) is 64.9 Å². The number of nitrogens with one attached hydrogen (secondary N) is 1. The molecule has 1 N–H and O–H groups in total. The minimum absolute atomic E-state index is 0.615. The molecule has 0 aliphatic carbocycles. The van der Waals surface area contributed by atoms with Crippen molar-refractivity contribution in [3.05, 3.63) is 15.9 Å². The average Bonchev–Trinajstić information content (AvgIpc) is 2.69. The van der Waals surface area contributed by atoms with Gasteiger partial charge in [0.25, 0.3) is 0 Å². The van der Waals surface area contributed by atoms with Crippen LogP contribution in [0.25, 0.3) is 11.4 Å². The summed E-state index contributed by atoms with van der Waals surface area (Å²) in [5, 5.41) is 7.59. The summed E-state index contributed by atoms with van der Waals surface area (Å²) in [7, 11) is 3.46. The van der Waals surface area contributed by atoms with Crippen molar-refractivity contribution in [3.63, 3.8) is 0 Å². The molecule has 2 aromatic rings. The standard InChI is InChI=1S/C13H18BrN5O/c1-6-15-12-10(14)8(3)16-11(17-12)9-7(2)18-19(4)13(9)20-5/h6H2,1-5H3,(H,15,16,17). The molecule has 0 aromatic carbocycles. The van der Waals surface area contributed by atoms with Crippen molar-refractivity contribution in [1.82, 2.24) is 19.7 Å². The quantitative estimate of drug-likeness (QED) is 0.927. The maximum Gasteiger partial charge on any atom is 0.222 e. The number of rotatable bonds is 4. The Labute approximate surface area is 126 Å². The average molecular weight is 340 g/mol. The molecule has 0 aliphatic heterocycles. The highest BCUT2D eigenvalue weighted by molar-refractivity contribution is 9.10. The molecule has 0 saturated heterocycles. The van der Waals surface area contributed by atoms with Crippen LogP contribution in [0.15, 0.2) is 4.47 Å². The van der Waals surface area contributed by atoms with E-state index in [-0.39, 0.29) is 0 Å². The van der Waals surface area contributed by atoms with Crippen LogP contribution in [0.5, 0.6) is 5.88 Å². The Bertz CT molecular complexity index is 638. The number of methoxy groups -OCH3 is 1. The normalized spacial score (nSPS) is 10.7. The maximum absolute atomic E-state index is 5.41. The molecule has 2 rings (SSSR count). The fourth-order valence-electron chi connectivity index (χ4n) is 2.08. The minimum atomic E-state index is 0.615. The summed E-state index contributed by atoms with van der Waals surface area (Å²) in [4.78, 5) is 9.11. The molecule has 0 amide bonds. The van der Waals surface area contributed by atoms with E-state index in [1.165, 1.54) is 0 Å². The van der Waals surface area contributed by atoms with Crippen LogP contribution < -0.4 is 10.1 Å². The lowest BCUT2D eigenvalue weighted by Gasteiger charge is -2.10. The van der Waals surface area contributed by atoms with Crippen molar-refractivity contribution in [1.29, 1.82) is 0 Å². The van der Waals surface area contributed by atoms with Gasteiger partial charge in [-0.15, -0.1) is 0 Å². The van der Waals surface area contributed by atoms with Crippen molar-refractivity contribution in [2.24, 2.45) is 7.05 Å². The van der Waals surface area contributed by atoms with Gasteiger partial charge >= 0.3 is 0 Å². The van der Waals surface area contributed by atoms with Gasteiger partial charge in [0.15, 0.2) is 5.82 Å². The first-order chi connectivity index (χ1) is 9.49. The van der Waals surface area contributed by atoms with Gasteiger partial charge in [-0.1, -0.05) is 0 Å². The van der Waals surface area contributed by atoms with Crippen molar-refractivity contribution in [3.8, 4) is 17.3 Å². The van der Waals surface area contributed by atoms with Crippen LogP contribution in [0, 0.1) is 13.8 Å². The number of anilines is 1. The molecule has 0 atom stereocenters. The van der Waals surface area contributed by atoms with E-state index in [9.17, 15) is 0 Å². The van der Waals surface area contributed by atoms with E-state index in [4.69, 9.17) is 4.74 Å². The van der Waals surface area contributed by atoms with E-state index >= 15 is 0 Å². The van der Waals surface area contributed by atoms with E-state index in [0.29, 0.717) is 11.7 Å². The number of ether oxygens (including phenoxy) is 1. The molecule has 0 fully saturated rings. The van der Waals surface area contributed by atoms with Crippen LogP contribution in [-0.2, 0) is 7.05 Å². The third-order valence-corrected chi connectivity index (χ3v) is 3.90. The second-order valence-electron chi connectivity index (χ2n) is 4.42. The summed E-state index contributed by atoms with van der Waals surface area (Å²) in [5.41, 5.74) is 2.54. The van der Waals surface area contributed by atoms with E-state index in [0.717, 1.165) is 33.8 Å². The summed E-state index contributed by atoms with van der Waals surface area (Å²) < 4.78 is 7.98. The molecule has 2 heterocycles. The first-order valence-electron chi connectivity index (χ1n) is 6.35. The van der Waals surface area contributed by atoms with Crippen LogP contribution in [0.2, 0.25) is 0 Å². The number of nitrogens with zero attached hydrogens (tertiary/aromatic N) is 4. The zero-order chi connectivity index (χ0) is 14.9. The van der Waals surface area contributed by atoms with Gasteiger partial charge in [-0.25, -0.2) is 14.6 Å². The fourth-order valence-corrected chi connectivity index (χ4v) is 2.40. The van der Waals surface area contributed by atoms with Crippen LogP contribution in [0.4, 0.5) is 5.82 Å². The monoisotopic (exact) mass is 339 g/mol. The van der Waals surface area contributed by atoms with Gasteiger partial charge in [-0.05, 0) is 36.7 Å². The predicted octanol–water partition coefficient (Wildman–Crippen LogP) is 2.70. The molecule has 0 radical (unpaired) electrons. The molecule has 108 valence electrons. The van der Waals surface area contributed by atoms with Gasteiger partial charge in [0.2, 0.25) is 5.88 Å². The smallest absolute Gasteiger partial charge is 0.222 e. The van der Waals surface area contributed by atoms with E-state index in [1.807, 2.05) is 27.8 Å².